The van der Waals surface area contributed by atoms with Gasteiger partial charge in [-0.25, -0.2) is 0 Å². The van der Waals surface area contributed by atoms with Gasteiger partial charge in [0.1, 0.15) is 11.5 Å². The number of carbonyl (C=O) groups is 1. The summed E-state index contributed by atoms with van der Waals surface area (Å²) in [5.41, 5.74) is 4.04. The van der Waals surface area contributed by atoms with Gasteiger partial charge in [-0.15, -0.1) is 0 Å². The summed E-state index contributed by atoms with van der Waals surface area (Å²) in [6.07, 6.45) is 7.79. The van der Waals surface area contributed by atoms with Crippen LogP contribution in [0.1, 0.15) is 42.7 Å². The minimum absolute atomic E-state index is 0.178. The number of hydrogen-bond acceptors (Lipinski definition) is 2. The zero-order valence-corrected chi connectivity index (χ0v) is 11.9. The lowest BCUT2D eigenvalue weighted by atomic mass is 9.63. The van der Waals surface area contributed by atoms with Gasteiger partial charge in [-0.3, -0.25) is 4.79 Å². The second kappa shape index (κ2) is 4.47. The number of methoxy groups -OCH3 is 1. The smallest absolute Gasteiger partial charge is 0.144 e. The zero-order chi connectivity index (χ0) is 13.7. The highest BCUT2D eigenvalue weighted by Crippen LogP contribution is 2.51. The van der Waals surface area contributed by atoms with E-state index in [1.54, 1.807) is 7.11 Å². The third-order valence-electron chi connectivity index (χ3n) is 5.42. The van der Waals surface area contributed by atoms with Crippen LogP contribution in [0.25, 0.3) is 0 Å². The molecule has 3 atom stereocenters. The Balaban J connectivity index is 1.78. The van der Waals surface area contributed by atoms with E-state index in [4.69, 9.17) is 4.74 Å². The number of benzene rings is 1. The van der Waals surface area contributed by atoms with E-state index in [0.717, 1.165) is 12.2 Å². The molecule has 3 aliphatic carbocycles. The van der Waals surface area contributed by atoms with Crippen LogP contribution in [0.4, 0.5) is 0 Å². The van der Waals surface area contributed by atoms with Gasteiger partial charge >= 0.3 is 0 Å². The van der Waals surface area contributed by atoms with Crippen molar-refractivity contribution in [3.63, 3.8) is 0 Å². The average Bonchev–Trinajstić information content (AvgIpc) is 2.94. The quantitative estimate of drug-likeness (QED) is 0.727. The lowest BCUT2D eigenvalue weighted by Crippen LogP contribution is -2.36. The molecular formula is C18H20O2. The fraction of sp³-hybridized carbons (Fsp3) is 0.500. The van der Waals surface area contributed by atoms with E-state index in [1.807, 2.05) is 6.07 Å². The van der Waals surface area contributed by atoms with Crippen molar-refractivity contribution in [2.75, 3.05) is 7.11 Å². The molecular weight excluding hydrogens is 248 g/mol. The van der Waals surface area contributed by atoms with Gasteiger partial charge in [-0.1, -0.05) is 17.7 Å². The summed E-state index contributed by atoms with van der Waals surface area (Å²) in [5, 5.41) is 0. The van der Waals surface area contributed by atoms with Gasteiger partial charge < -0.3 is 4.74 Å². The van der Waals surface area contributed by atoms with Gasteiger partial charge in [0.05, 0.1) is 7.11 Å². The average molecular weight is 268 g/mol. The summed E-state index contributed by atoms with van der Waals surface area (Å²) in [6.45, 7) is 0. The molecule has 1 aromatic carbocycles. The molecule has 0 heterocycles. The van der Waals surface area contributed by atoms with Crippen molar-refractivity contribution in [2.45, 2.75) is 38.0 Å². The molecule has 0 bridgehead atoms. The van der Waals surface area contributed by atoms with Crippen molar-refractivity contribution in [3.05, 3.63) is 41.0 Å². The molecule has 0 aromatic heterocycles. The van der Waals surface area contributed by atoms with Gasteiger partial charge in [0.2, 0.25) is 0 Å². The molecule has 0 aliphatic heterocycles. The van der Waals surface area contributed by atoms with Crippen LogP contribution in [0.3, 0.4) is 0 Å². The molecule has 2 heteroatoms. The van der Waals surface area contributed by atoms with E-state index in [2.05, 4.69) is 18.2 Å². The monoisotopic (exact) mass is 268 g/mol. The third-order valence-corrected chi connectivity index (χ3v) is 5.42. The molecule has 104 valence electrons. The molecule has 0 radical (unpaired) electrons. The maximum atomic E-state index is 12.7. The summed E-state index contributed by atoms with van der Waals surface area (Å²) in [7, 11) is 1.68. The molecule has 1 fully saturated rings. The molecule has 1 saturated carbocycles. The normalized spacial score (nSPS) is 31.1. The Labute approximate surface area is 119 Å². The van der Waals surface area contributed by atoms with Crippen molar-refractivity contribution in [1.29, 1.82) is 0 Å². The molecule has 4 rings (SSSR count). The zero-order valence-electron chi connectivity index (χ0n) is 11.9. The largest absolute Gasteiger partial charge is 0.497 e. The maximum absolute atomic E-state index is 12.7. The van der Waals surface area contributed by atoms with Gasteiger partial charge in [-0.2, -0.15) is 0 Å². The van der Waals surface area contributed by atoms with E-state index in [-0.39, 0.29) is 5.92 Å². The van der Waals surface area contributed by atoms with Crippen LogP contribution in [0.15, 0.2) is 29.8 Å². The van der Waals surface area contributed by atoms with Crippen molar-refractivity contribution in [1.82, 2.24) is 0 Å². The van der Waals surface area contributed by atoms with Crippen LogP contribution >= 0.6 is 0 Å². The van der Waals surface area contributed by atoms with Crippen LogP contribution in [0.2, 0.25) is 0 Å². The number of hydrogen-bond donors (Lipinski definition) is 0. The molecule has 20 heavy (non-hydrogen) atoms. The minimum atomic E-state index is 0.178. The van der Waals surface area contributed by atoms with Crippen LogP contribution in [0.5, 0.6) is 5.75 Å². The molecule has 3 aliphatic rings. The second-order valence-corrected chi connectivity index (χ2v) is 6.35. The lowest BCUT2D eigenvalue weighted by Gasteiger charge is -2.40. The first-order valence-corrected chi connectivity index (χ1v) is 7.67. The lowest BCUT2D eigenvalue weighted by molar-refractivity contribution is -0.123. The number of ether oxygens (including phenoxy) is 1. The Morgan fingerprint density at radius 1 is 1.20 bits per heavy atom. The second-order valence-electron chi connectivity index (χ2n) is 6.35. The number of ketones is 1. The topological polar surface area (TPSA) is 26.3 Å². The summed E-state index contributed by atoms with van der Waals surface area (Å²) < 4.78 is 5.30. The molecule has 0 amide bonds. The fourth-order valence-electron chi connectivity index (χ4n) is 4.52. The SMILES string of the molecule is COc1ccc2c(c1)CC(=O)[C@H]1C3=CCC[C@H]3CC[C@H]21. The standard InChI is InChI=1S/C18H20O2/c1-20-13-6-8-14-12(9-13)10-17(19)18-15-4-2-3-11(15)5-7-16(14)18/h4,6,8-9,11,16,18H,2-3,5,7,10H2,1H3/t11-,16+,18-/m0/s1. The highest BCUT2D eigenvalue weighted by atomic mass is 16.5. The summed E-state index contributed by atoms with van der Waals surface area (Å²) in [4.78, 5) is 12.7. The van der Waals surface area contributed by atoms with Crippen molar-refractivity contribution in [3.8, 4) is 5.75 Å². The molecule has 0 unspecified atom stereocenters. The number of fused-ring (bicyclic) bond motifs is 5. The molecule has 0 N–H and O–H groups in total. The van der Waals surface area contributed by atoms with E-state index in [1.165, 1.54) is 36.0 Å². The van der Waals surface area contributed by atoms with E-state index in [0.29, 0.717) is 24.0 Å². The molecule has 0 spiro atoms. The predicted molar refractivity (Wildman–Crippen MR) is 78.0 cm³/mol. The van der Waals surface area contributed by atoms with Gasteiger partial charge in [-0.05, 0) is 60.8 Å². The van der Waals surface area contributed by atoms with Crippen LogP contribution in [-0.2, 0) is 11.2 Å². The van der Waals surface area contributed by atoms with Gasteiger partial charge in [0.25, 0.3) is 0 Å². The van der Waals surface area contributed by atoms with Crippen molar-refractivity contribution in [2.24, 2.45) is 11.8 Å². The predicted octanol–water partition coefficient (Wildman–Crippen LogP) is 3.65. The Morgan fingerprint density at radius 2 is 2.10 bits per heavy atom. The van der Waals surface area contributed by atoms with Crippen LogP contribution in [-0.4, -0.2) is 12.9 Å². The fourth-order valence-corrected chi connectivity index (χ4v) is 4.52. The Morgan fingerprint density at radius 3 is 2.95 bits per heavy atom. The number of Topliss-reactive ketones (excluding diaryl/α,β-unsaturated/α-hetero) is 1. The van der Waals surface area contributed by atoms with Crippen LogP contribution < -0.4 is 4.74 Å². The van der Waals surface area contributed by atoms with Gasteiger partial charge in [0.15, 0.2) is 0 Å². The maximum Gasteiger partial charge on any atom is 0.144 e. The molecule has 0 saturated heterocycles. The first kappa shape index (κ1) is 12.2. The minimum Gasteiger partial charge on any atom is -0.497 e. The van der Waals surface area contributed by atoms with E-state index >= 15 is 0 Å². The third kappa shape index (κ3) is 1.67. The van der Waals surface area contributed by atoms with E-state index < -0.39 is 0 Å². The summed E-state index contributed by atoms with van der Waals surface area (Å²) in [6, 6.07) is 6.29. The first-order chi connectivity index (χ1) is 9.78. The van der Waals surface area contributed by atoms with Crippen molar-refractivity contribution >= 4 is 5.78 Å². The van der Waals surface area contributed by atoms with E-state index in [9.17, 15) is 4.79 Å². The molecule has 1 aromatic rings. The number of carbonyl (C=O) groups excluding carboxylic acids is 1. The van der Waals surface area contributed by atoms with Crippen LogP contribution in [0, 0.1) is 11.8 Å². The van der Waals surface area contributed by atoms with Crippen molar-refractivity contribution < 1.29 is 9.53 Å². The Hall–Kier alpha value is -1.57. The summed E-state index contributed by atoms with van der Waals surface area (Å²) in [5.74, 6) is 2.58. The highest BCUT2D eigenvalue weighted by Gasteiger charge is 2.44. The Kier molecular flexibility index (Phi) is 2.73. The Bertz CT molecular complexity index is 599. The number of allylic oxidation sites excluding steroid dienone is 2. The van der Waals surface area contributed by atoms with Gasteiger partial charge in [0, 0.05) is 12.3 Å². The first-order valence-electron chi connectivity index (χ1n) is 7.67. The highest BCUT2D eigenvalue weighted by molar-refractivity contribution is 5.89. The molecule has 2 nitrogen and oxygen atoms in total. The summed E-state index contributed by atoms with van der Waals surface area (Å²) >= 11 is 0. The number of rotatable bonds is 1.